The molecule has 0 saturated heterocycles. The molecule has 4 heteroatoms. The molecule has 106 valence electrons. The monoisotopic (exact) mass is 309 g/mol. The van der Waals surface area contributed by atoms with Crippen LogP contribution in [0.4, 0.5) is 0 Å². The molecule has 2 rings (SSSR count). The van der Waals surface area contributed by atoms with Crippen molar-refractivity contribution in [3.05, 3.63) is 62.6 Å². The lowest BCUT2D eigenvalue weighted by Gasteiger charge is -2.20. The predicted octanol–water partition coefficient (Wildman–Crippen LogP) is 4.67. The van der Waals surface area contributed by atoms with Crippen LogP contribution in [0.5, 0.6) is 5.75 Å². The first-order valence-electron chi connectivity index (χ1n) is 6.30. The average molecular weight is 310 g/mol. The highest BCUT2D eigenvalue weighted by Gasteiger charge is 2.18. The molecule has 0 saturated carbocycles. The number of aryl methyl sites for hydroxylation is 1. The number of rotatable bonds is 3. The molecular formula is C16H17Cl2NO. The molecule has 0 amide bonds. The normalized spacial score (nSPS) is 12.3. The van der Waals surface area contributed by atoms with Gasteiger partial charge >= 0.3 is 0 Å². The van der Waals surface area contributed by atoms with Crippen molar-refractivity contribution in [2.24, 2.45) is 5.73 Å². The zero-order valence-electron chi connectivity index (χ0n) is 11.7. The summed E-state index contributed by atoms with van der Waals surface area (Å²) in [7, 11) is 1.65. The molecule has 0 aliphatic carbocycles. The number of hydrogen-bond donors (Lipinski definition) is 1. The van der Waals surface area contributed by atoms with E-state index in [0.29, 0.717) is 10.0 Å². The third kappa shape index (κ3) is 2.78. The number of hydrogen-bond acceptors (Lipinski definition) is 2. The number of ether oxygens (including phenoxy) is 1. The van der Waals surface area contributed by atoms with Crippen LogP contribution in [0, 0.1) is 13.8 Å². The Morgan fingerprint density at radius 2 is 1.70 bits per heavy atom. The Bertz CT molecular complexity index is 641. The van der Waals surface area contributed by atoms with E-state index in [1.807, 2.05) is 32.0 Å². The van der Waals surface area contributed by atoms with E-state index in [2.05, 4.69) is 0 Å². The standard InChI is InChI=1S/C16H17Cl2NO/c1-9-4-6-13(16(20-3)10(9)2)15(19)12-7-5-11(17)8-14(12)18/h4-8,15H,19H2,1-3H3. The van der Waals surface area contributed by atoms with Gasteiger partial charge in [-0.05, 0) is 42.7 Å². The summed E-state index contributed by atoms with van der Waals surface area (Å²) in [6.45, 7) is 4.07. The van der Waals surface area contributed by atoms with E-state index in [-0.39, 0.29) is 6.04 Å². The molecule has 0 aliphatic rings. The fourth-order valence-electron chi connectivity index (χ4n) is 2.25. The van der Waals surface area contributed by atoms with Crippen molar-refractivity contribution in [1.82, 2.24) is 0 Å². The minimum Gasteiger partial charge on any atom is -0.496 e. The summed E-state index contributed by atoms with van der Waals surface area (Å²) in [6.07, 6.45) is 0. The van der Waals surface area contributed by atoms with E-state index in [0.717, 1.165) is 22.4 Å². The van der Waals surface area contributed by atoms with E-state index in [9.17, 15) is 0 Å². The molecule has 0 heterocycles. The highest BCUT2D eigenvalue weighted by Crippen LogP contribution is 2.35. The van der Waals surface area contributed by atoms with Gasteiger partial charge in [0.05, 0.1) is 13.2 Å². The third-order valence-electron chi connectivity index (χ3n) is 3.54. The van der Waals surface area contributed by atoms with Crippen LogP contribution in [0.2, 0.25) is 10.0 Å². The molecule has 2 aromatic rings. The zero-order valence-corrected chi connectivity index (χ0v) is 13.2. The Balaban J connectivity index is 2.53. The molecule has 2 aromatic carbocycles. The molecule has 2 N–H and O–H groups in total. The molecular weight excluding hydrogens is 293 g/mol. The summed E-state index contributed by atoms with van der Waals surface area (Å²) in [4.78, 5) is 0. The van der Waals surface area contributed by atoms with Crippen LogP contribution in [-0.2, 0) is 0 Å². The summed E-state index contributed by atoms with van der Waals surface area (Å²) in [5, 5.41) is 1.16. The Morgan fingerprint density at radius 1 is 1.05 bits per heavy atom. The van der Waals surface area contributed by atoms with Crippen molar-refractivity contribution in [3.8, 4) is 5.75 Å². The lowest BCUT2D eigenvalue weighted by Crippen LogP contribution is -2.14. The average Bonchev–Trinajstić information content (AvgIpc) is 2.41. The molecule has 0 aliphatic heterocycles. The molecule has 0 radical (unpaired) electrons. The Labute approximate surface area is 129 Å². The fourth-order valence-corrected chi connectivity index (χ4v) is 2.77. The van der Waals surface area contributed by atoms with Gasteiger partial charge < -0.3 is 10.5 Å². The highest BCUT2D eigenvalue weighted by atomic mass is 35.5. The summed E-state index contributed by atoms with van der Waals surface area (Å²) in [5.74, 6) is 0.809. The minimum absolute atomic E-state index is 0.353. The van der Waals surface area contributed by atoms with Crippen LogP contribution in [0.3, 0.4) is 0 Å². The van der Waals surface area contributed by atoms with Gasteiger partial charge in [0.1, 0.15) is 5.75 Å². The van der Waals surface area contributed by atoms with Crippen molar-refractivity contribution in [1.29, 1.82) is 0 Å². The molecule has 1 atom stereocenters. The van der Waals surface area contributed by atoms with Gasteiger partial charge in [-0.2, -0.15) is 0 Å². The Morgan fingerprint density at radius 3 is 2.30 bits per heavy atom. The van der Waals surface area contributed by atoms with Crippen molar-refractivity contribution in [2.45, 2.75) is 19.9 Å². The number of benzene rings is 2. The third-order valence-corrected chi connectivity index (χ3v) is 4.11. The summed E-state index contributed by atoms with van der Waals surface area (Å²) in [6, 6.07) is 9.01. The minimum atomic E-state index is -0.353. The van der Waals surface area contributed by atoms with Gasteiger partial charge in [0.2, 0.25) is 0 Å². The van der Waals surface area contributed by atoms with Crippen LogP contribution >= 0.6 is 23.2 Å². The lowest BCUT2D eigenvalue weighted by atomic mass is 9.95. The second-order valence-corrected chi connectivity index (χ2v) is 5.62. The Kier molecular flexibility index (Phi) is 4.59. The largest absolute Gasteiger partial charge is 0.496 e. The van der Waals surface area contributed by atoms with Crippen molar-refractivity contribution >= 4 is 23.2 Å². The van der Waals surface area contributed by atoms with E-state index in [4.69, 9.17) is 33.7 Å². The van der Waals surface area contributed by atoms with Crippen LogP contribution < -0.4 is 10.5 Å². The maximum Gasteiger partial charge on any atom is 0.127 e. The van der Waals surface area contributed by atoms with E-state index in [1.165, 1.54) is 5.56 Å². The van der Waals surface area contributed by atoms with Crippen LogP contribution in [0.25, 0.3) is 0 Å². The molecule has 0 aromatic heterocycles. The van der Waals surface area contributed by atoms with Gasteiger partial charge in [-0.1, -0.05) is 41.4 Å². The summed E-state index contributed by atoms with van der Waals surface area (Å²) in [5.41, 5.74) is 10.4. The van der Waals surface area contributed by atoms with Crippen LogP contribution in [0.1, 0.15) is 28.3 Å². The van der Waals surface area contributed by atoms with Gasteiger partial charge in [-0.15, -0.1) is 0 Å². The van der Waals surface area contributed by atoms with Gasteiger partial charge in [0.25, 0.3) is 0 Å². The van der Waals surface area contributed by atoms with Crippen molar-refractivity contribution in [2.75, 3.05) is 7.11 Å². The first-order chi connectivity index (χ1) is 9.45. The molecule has 0 fully saturated rings. The topological polar surface area (TPSA) is 35.2 Å². The van der Waals surface area contributed by atoms with E-state index >= 15 is 0 Å². The number of methoxy groups -OCH3 is 1. The fraction of sp³-hybridized carbons (Fsp3) is 0.250. The number of nitrogens with two attached hydrogens (primary N) is 1. The molecule has 20 heavy (non-hydrogen) atoms. The first-order valence-corrected chi connectivity index (χ1v) is 7.06. The van der Waals surface area contributed by atoms with Crippen LogP contribution in [0.15, 0.2) is 30.3 Å². The molecule has 0 spiro atoms. The SMILES string of the molecule is COc1c(C(N)c2ccc(Cl)cc2Cl)ccc(C)c1C. The van der Waals surface area contributed by atoms with E-state index in [1.54, 1.807) is 19.2 Å². The quantitative estimate of drug-likeness (QED) is 0.894. The van der Waals surface area contributed by atoms with Crippen molar-refractivity contribution in [3.63, 3.8) is 0 Å². The maximum absolute atomic E-state index is 6.36. The zero-order chi connectivity index (χ0) is 14.9. The van der Waals surface area contributed by atoms with Gasteiger partial charge in [-0.3, -0.25) is 0 Å². The van der Waals surface area contributed by atoms with Gasteiger partial charge in [-0.25, -0.2) is 0 Å². The molecule has 0 bridgehead atoms. The Hall–Kier alpha value is -1.22. The number of halogens is 2. The summed E-state index contributed by atoms with van der Waals surface area (Å²) >= 11 is 12.2. The predicted molar refractivity (Wildman–Crippen MR) is 85.0 cm³/mol. The first kappa shape index (κ1) is 15.2. The smallest absolute Gasteiger partial charge is 0.127 e. The second kappa shape index (κ2) is 6.04. The van der Waals surface area contributed by atoms with E-state index < -0.39 is 0 Å². The van der Waals surface area contributed by atoms with Crippen LogP contribution in [-0.4, -0.2) is 7.11 Å². The summed E-state index contributed by atoms with van der Waals surface area (Å²) < 4.78 is 5.51. The van der Waals surface area contributed by atoms with Gasteiger partial charge in [0, 0.05) is 15.6 Å². The second-order valence-electron chi connectivity index (χ2n) is 4.77. The lowest BCUT2D eigenvalue weighted by molar-refractivity contribution is 0.404. The maximum atomic E-state index is 6.36. The molecule has 1 unspecified atom stereocenters. The van der Waals surface area contributed by atoms with Crippen molar-refractivity contribution < 1.29 is 4.74 Å². The molecule has 2 nitrogen and oxygen atoms in total. The van der Waals surface area contributed by atoms with Gasteiger partial charge in [0.15, 0.2) is 0 Å². The highest BCUT2D eigenvalue weighted by molar-refractivity contribution is 6.35.